The first kappa shape index (κ1) is 20.5. The molecular formula is C22H21FN4O4. The highest BCUT2D eigenvalue weighted by Gasteiger charge is 2.17. The van der Waals surface area contributed by atoms with Crippen LogP contribution in [0, 0.1) is 12.7 Å². The van der Waals surface area contributed by atoms with Crippen LogP contribution >= 0.6 is 0 Å². The molecule has 0 spiro atoms. The van der Waals surface area contributed by atoms with Gasteiger partial charge in [0, 0.05) is 12.1 Å². The lowest BCUT2D eigenvalue weighted by molar-refractivity contribution is -0.146. The second-order valence-corrected chi connectivity index (χ2v) is 7.15. The fraction of sp³-hybridized carbons (Fsp3) is 0.273. The van der Waals surface area contributed by atoms with Crippen molar-refractivity contribution in [2.75, 3.05) is 0 Å². The van der Waals surface area contributed by atoms with E-state index in [1.54, 1.807) is 29.7 Å². The summed E-state index contributed by atoms with van der Waals surface area (Å²) in [5, 5.41) is 3.80. The quantitative estimate of drug-likeness (QED) is 0.422. The van der Waals surface area contributed by atoms with Crippen molar-refractivity contribution >= 4 is 17.0 Å². The standard InChI is InChI=1S/C22H21FN4O4/c1-3-10-26-17-6-4-5-7-18(17)27(22(26)29)12-20(28)30-13-19-24-21(25-31-19)15-9-8-14(2)16(23)11-15/h4-9,11H,3,10,12-13H2,1-2H3. The third kappa shape index (κ3) is 4.11. The molecule has 0 aliphatic heterocycles. The Morgan fingerprint density at radius 1 is 1.16 bits per heavy atom. The number of carbonyl (C=O) groups excluding carboxylic acids is 1. The normalized spacial score (nSPS) is 11.2. The first-order chi connectivity index (χ1) is 15.0. The van der Waals surface area contributed by atoms with E-state index in [0.717, 1.165) is 11.9 Å². The monoisotopic (exact) mass is 424 g/mol. The van der Waals surface area contributed by atoms with Gasteiger partial charge in [0.15, 0.2) is 6.61 Å². The Morgan fingerprint density at radius 2 is 1.90 bits per heavy atom. The third-order valence-electron chi connectivity index (χ3n) is 4.91. The maximum absolute atomic E-state index is 13.7. The molecule has 0 radical (unpaired) electrons. The molecule has 2 aromatic heterocycles. The van der Waals surface area contributed by atoms with Gasteiger partial charge < -0.3 is 9.26 Å². The van der Waals surface area contributed by atoms with Crippen molar-refractivity contribution in [3.05, 3.63) is 70.2 Å². The van der Waals surface area contributed by atoms with E-state index in [-0.39, 0.29) is 36.4 Å². The smallest absolute Gasteiger partial charge is 0.329 e. The topological polar surface area (TPSA) is 92.2 Å². The van der Waals surface area contributed by atoms with E-state index in [2.05, 4.69) is 10.1 Å². The number of nitrogens with zero attached hydrogens (tertiary/aromatic N) is 4. The van der Waals surface area contributed by atoms with E-state index in [0.29, 0.717) is 23.2 Å². The highest BCUT2D eigenvalue weighted by Crippen LogP contribution is 2.19. The Bertz CT molecular complexity index is 1300. The second-order valence-electron chi connectivity index (χ2n) is 7.15. The van der Waals surface area contributed by atoms with Crippen LogP contribution in [0.25, 0.3) is 22.4 Å². The third-order valence-corrected chi connectivity index (χ3v) is 4.91. The Balaban J connectivity index is 1.46. The number of fused-ring (bicyclic) bond motifs is 1. The minimum atomic E-state index is -0.609. The largest absolute Gasteiger partial charge is 0.454 e. The number of ether oxygens (including phenoxy) is 1. The zero-order chi connectivity index (χ0) is 22.0. The van der Waals surface area contributed by atoms with Crippen LogP contribution in [0.1, 0.15) is 24.8 Å². The van der Waals surface area contributed by atoms with Gasteiger partial charge in [0.05, 0.1) is 11.0 Å². The Kier molecular flexibility index (Phi) is 5.66. The van der Waals surface area contributed by atoms with Crippen molar-refractivity contribution in [1.82, 2.24) is 19.3 Å². The summed E-state index contributed by atoms with van der Waals surface area (Å²) < 4.78 is 27.1. The summed E-state index contributed by atoms with van der Waals surface area (Å²) in [5.41, 5.74) is 2.14. The lowest BCUT2D eigenvalue weighted by atomic mass is 10.1. The molecule has 31 heavy (non-hydrogen) atoms. The van der Waals surface area contributed by atoms with Gasteiger partial charge >= 0.3 is 11.7 Å². The molecular weight excluding hydrogens is 403 g/mol. The number of hydrogen-bond donors (Lipinski definition) is 0. The number of aryl methyl sites for hydroxylation is 2. The van der Waals surface area contributed by atoms with Gasteiger partial charge in [-0.2, -0.15) is 4.98 Å². The van der Waals surface area contributed by atoms with Crippen LogP contribution in [0.3, 0.4) is 0 Å². The molecule has 8 nitrogen and oxygen atoms in total. The zero-order valence-electron chi connectivity index (χ0n) is 17.2. The number of halogens is 1. The maximum Gasteiger partial charge on any atom is 0.329 e. The zero-order valence-corrected chi connectivity index (χ0v) is 17.2. The summed E-state index contributed by atoms with van der Waals surface area (Å²) in [6.07, 6.45) is 0.794. The minimum Gasteiger partial charge on any atom is -0.454 e. The highest BCUT2D eigenvalue weighted by atomic mass is 19.1. The second kappa shape index (κ2) is 8.55. The molecule has 0 amide bonds. The summed E-state index contributed by atoms with van der Waals surface area (Å²) in [6, 6.07) is 11.9. The minimum absolute atomic E-state index is 0.0742. The highest BCUT2D eigenvalue weighted by molar-refractivity contribution is 5.78. The van der Waals surface area contributed by atoms with Crippen molar-refractivity contribution in [1.29, 1.82) is 0 Å². The molecule has 2 aromatic carbocycles. The molecule has 0 unspecified atom stereocenters. The van der Waals surface area contributed by atoms with E-state index in [4.69, 9.17) is 9.26 Å². The Labute approximate surface area is 176 Å². The summed E-state index contributed by atoms with van der Waals surface area (Å²) in [7, 11) is 0. The summed E-state index contributed by atoms with van der Waals surface area (Å²) in [5.74, 6) is -0.709. The van der Waals surface area contributed by atoms with Gasteiger partial charge in [0.25, 0.3) is 5.89 Å². The number of hydrogen-bond acceptors (Lipinski definition) is 6. The molecule has 0 atom stereocenters. The molecule has 2 heterocycles. The fourth-order valence-corrected chi connectivity index (χ4v) is 3.34. The predicted molar refractivity (Wildman–Crippen MR) is 111 cm³/mol. The van der Waals surface area contributed by atoms with Gasteiger partial charge in [-0.05, 0) is 37.1 Å². The van der Waals surface area contributed by atoms with Gasteiger partial charge in [0.1, 0.15) is 12.4 Å². The van der Waals surface area contributed by atoms with E-state index >= 15 is 0 Å². The molecule has 0 bridgehead atoms. The number of esters is 1. The molecule has 0 fully saturated rings. The summed E-state index contributed by atoms with van der Waals surface area (Å²) >= 11 is 0. The SMILES string of the molecule is CCCn1c(=O)n(CC(=O)OCc2nc(-c3ccc(C)c(F)c3)no2)c2ccccc21. The molecule has 4 aromatic rings. The average Bonchev–Trinajstić information content (AvgIpc) is 3.34. The molecule has 9 heteroatoms. The van der Waals surface area contributed by atoms with Crippen LogP contribution < -0.4 is 5.69 Å². The van der Waals surface area contributed by atoms with Crippen LogP contribution in [-0.4, -0.2) is 25.2 Å². The van der Waals surface area contributed by atoms with Crippen molar-refractivity contribution < 1.29 is 18.4 Å². The van der Waals surface area contributed by atoms with E-state index in [9.17, 15) is 14.0 Å². The van der Waals surface area contributed by atoms with E-state index in [1.807, 2.05) is 25.1 Å². The fourth-order valence-electron chi connectivity index (χ4n) is 3.34. The van der Waals surface area contributed by atoms with Crippen LogP contribution in [0.4, 0.5) is 4.39 Å². The van der Waals surface area contributed by atoms with E-state index in [1.165, 1.54) is 10.6 Å². The number of imidazole rings is 1. The summed E-state index contributed by atoms with van der Waals surface area (Å²) in [6.45, 7) is 3.72. The van der Waals surface area contributed by atoms with Crippen LogP contribution in [0.5, 0.6) is 0 Å². The van der Waals surface area contributed by atoms with Gasteiger partial charge in [-0.1, -0.05) is 36.3 Å². The van der Waals surface area contributed by atoms with Crippen molar-refractivity contribution in [2.24, 2.45) is 0 Å². The number of carbonyl (C=O) groups is 1. The molecule has 0 aliphatic carbocycles. The van der Waals surface area contributed by atoms with Gasteiger partial charge in [0.2, 0.25) is 5.82 Å². The van der Waals surface area contributed by atoms with Crippen LogP contribution in [0.15, 0.2) is 51.8 Å². The van der Waals surface area contributed by atoms with Crippen molar-refractivity contribution in [3.63, 3.8) is 0 Å². The number of aromatic nitrogens is 4. The van der Waals surface area contributed by atoms with E-state index < -0.39 is 5.97 Å². The summed E-state index contributed by atoms with van der Waals surface area (Å²) in [4.78, 5) is 29.3. The number of rotatable bonds is 7. The van der Waals surface area contributed by atoms with Crippen LogP contribution in [0.2, 0.25) is 0 Å². The number of benzene rings is 2. The number of para-hydroxylation sites is 2. The van der Waals surface area contributed by atoms with Crippen molar-refractivity contribution in [2.45, 2.75) is 40.0 Å². The molecule has 4 rings (SSSR count). The molecule has 0 saturated carbocycles. The van der Waals surface area contributed by atoms with Crippen LogP contribution in [-0.2, 0) is 29.2 Å². The van der Waals surface area contributed by atoms with Gasteiger partial charge in [-0.15, -0.1) is 0 Å². The van der Waals surface area contributed by atoms with Gasteiger partial charge in [-0.3, -0.25) is 13.9 Å². The molecule has 0 N–H and O–H groups in total. The lowest BCUT2D eigenvalue weighted by Crippen LogP contribution is -2.27. The average molecular weight is 424 g/mol. The maximum atomic E-state index is 13.7. The van der Waals surface area contributed by atoms with Gasteiger partial charge in [-0.25, -0.2) is 9.18 Å². The van der Waals surface area contributed by atoms with Crippen molar-refractivity contribution in [3.8, 4) is 11.4 Å². The Morgan fingerprint density at radius 3 is 2.61 bits per heavy atom. The molecule has 160 valence electrons. The molecule has 0 saturated heterocycles. The first-order valence-corrected chi connectivity index (χ1v) is 9.90. The Hall–Kier alpha value is -3.75. The molecule has 0 aliphatic rings. The lowest BCUT2D eigenvalue weighted by Gasteiger charge is -2.03. The first-order valence-electron chi connectivity index (χ1n) is 9.90. The predicted octanol–water partition coefficient (Wildman–Crippen LogP) is 3.45.